The summed E-state index contributed by atoms with van der Waals surface area (Å²) in [5, 5.41) is 1.36. The Morgan fingerprint density at radius 2 is 1.96 bits per heavy atom. The Morgan fingerprint density at radius 1 is 1.21 bits per heavy atom. The van der Waals surface area contributed by atoms with Gasteiger partial charge in [0.2, 0.25) is 0 Å². The highest BCUT2D eigenvalue weighted by Crippen LogP contribution is 2.23. The number of allylic oxidation sites excluding steroid dienone is 1. The Balaban J connectivity index is 1.55. The van der Waals surface area contributed by atoms with Crippen LogP contribution in [0.2, 0.25) is 10.0 Å². The molecule has 1 N–H and O–H groups in total. The molecule has 126 valence electrons. The van der Waals surface area contributed by atoms with Crippen LogP contribution in [0.5, 0.6) is 0 Å². The van der Waals surface area contributed by atoms with Crippen molar-refractivity contribution >= 4 is 29.3 Å². The van der Waals surface area contributed by atoms with Crippen molar-refractivity contribution in [2.75, 3.05) is 13.1 Å². The van der Waals surface area contributed by atoms with Gasteiger partial charge in [-0.25, -0.2) is 0 Å². The maximum absolute atomic E-state index is 11.8. The number of H-pyrrole nitrogens is 1. The summed E-state index contributed by atoms with van der Waals surface area (Å²) in [6.45, 7) is 2.60. The maximum Gasteiger partial charge on any atom is 0.252 e. The third-order valence-corrected chi connectivity index (χ3v) is 4.99. The minimum Gasteiger partial charge on any atom is -0.327 e. The van der Waals surface area contributed by atoms with E-state index in [0.29, 0.717) is 17.5 Å². The van der Waals surface area contributed by atoms with Crippen LogP contribution in [-0.4, -0.2) is 23.0 Å². The molecule has 0 saturated carbocycles. The Hall–Kier alpha value is -1.55. The molecular weight excluding hydrogens is 343 g/mol. The Kier molecular flexibility index (Phi) is 5.77. The second-order valence-corrected chi connectivity index (χ2v) is 7.01. The van der Waals surface area contributed by atoms with E-state index in [0.717, 1.165) is 42.1 Å². The Bertz CT molecular complexity index is 777. The molecule has 24 heavy (non-hydrogen) atoms. The molecule has 3 nitrogen and oxygen atoms in total. The lowest BCUT2D eigenvalue weighted by Crippen LogP contribution is -2.34. The van der Waals surface area contributed by atoms with Gasteiger partial charge in [0.1, 0.15) is 0 Å². The average molecular weight is 363 g/mol. The van der Waals surface area contributed by atoms with E-state index in [1.165, 1.54) is 6.20 Å². The maximum atomic E-state index is 11.8. The van der Waals surface area contributed by atoms with E-state index in [4.69, 9.17) is 23.2 Å². The van der Waals surface area contributed by atoms with Gasteiger partial charge in [-0.05, 0) is 49.5 Å². The second-order valence-electron chi connectivity index (χ2n) is 6.17. The van der Waals surface area contributed by atoms with Gasteiger partial charge >= 0.3 is 0 Å². The number of hydrogen-bond acceptors (Lipinski definition) is 2. The normalized spacial score (nSPS) is 16.8. The van der Waals surface area contributed by atoms with E-state index in [2.05, 4.69) is 22.0 Å². The lowest BCUT2D eigenvalue weighted by molar-refractivity contribution is 0.195. The van der Waals surface area contributed by atoms with Crippen molar-refractivity contribution in [3.05, 3.63) is 74.1 Å². The summed E-state index contributed by atoms with van der Waals surface area (Å²) < 4.78 is 0. The largest absolute Gasteiger partial charge is 0.327 e. The molecule has 0 aliphatic carbocycles. The molecule has 0 amide bonds. The van der Waals surface area contributed by atoms with E-state index >= 15 is 0 Å². The molecule has 1 fully saturated rings. The Morgan fingerprint density at radius 3 is 2.71 bits per heavy atom. The van der Waals surface area contributed by atoms with Gasteiger partial charge in [-0.3, -0.25) is 9.69 Å². The standard InChI is InChI=1S/C19H20Cl2N2O/c20-17-11-16(19(24)22-12-17)13-23-9-7-14(8-10-23)5-6-15-3-1-2-4-18(15)21/h1-6,11-12,14H,7-10,13H2,(H,22,24). The van der Waals surface area contributed by atoms with Crippen molar-refractivity contribution in [2.24, 2.45) is 5.92 Å². The molecule has 0 spiro atoms. The number of rotatable bonds is 4. The number of nitrogens with one attached hydrogen (secondary N) is 1. The molecule has 0 unspecified atom stereocenters. The first-order valence-corrected chi connectivity index (χ1v) is 8.89. The van der Waals surface area contributed by atoms with Crippen molar-refractivity contribution in [1.29, 1.82) is 0 Å². The fraction of sp³-hybridized carbons (Fsp3) is 0.316. The van der Waals surface area contributed by atoms with E-state index in [9.17, 15) is 4.79 Å². The zero-order valence-electron chi connectivity index (χ0n) is 13.3. The number of aromatic amines is 1. The van der Waals surface area contributed by atoms with Crippen LogP contribution in [0.3, 0.4) is 0 Å². The zero-order chi connectivity index (χ0) is 16.9. The predicted octanol–water partition coefficient (Wildman–Crippen LogP) is 4.61. The van der Waals surface area contributed by atoms with Gasteiger partial charge in [0.05, 0.1) is 5.02 Å². The topological polar surface area (TPSA) is 36.1 Å². The molecule has 5 heteroatoms. The van der Waals surface area contributed by atoms with Gasteiger partial charge in [-0.2, -0.15) is 0 Å². The first kappa shape index (κ1) is 17.3. The molecule has 1 aliphatic heterocycles. The van der Waals surface area contributed by atoms with E-state index in [1.54, 1.807) is 6.07 Å². The minimum absolute atomic E-state index is 0.0554. The van der Waals surface area contributed by atoms with Crippen LogP contribution >= 0.6 is 23.2 Å². The van der Waals surface area contributed by atoms with Crippen molar-refractivity contribution < 1.29 is 0 Å². The van der Waals surface area contributed by atoms with Crippen LogP contribution in [-0.2, 0) is 6.54 Å². The highest BCUT2D eigenvalue weighted by molar-refractivity contribution is 6.32. The molecule has 1 aromatic heterocycles. The molecule has 3 rings (SSSR count). The zero-order valence-corrected chi connectivity index (χ0v) is 14.9. The minimum atomic E-state index is -0.0554. The van der Waals surface area contributed by atoms with Crippen LogP contribution in [0.4, 0.5) is 0 Å². The molecule has 0 radical (unpaired) electrons. The van der Waals surface area contributed by atoms with Crippen LogP contribution in [0.15, 0.2) is 47.4 Å². The molecular formula is C19H20Cl2N2O. The molecule has 1 saturated heterocycles. The third kappa shape index (κ3) is 4.50. The van der Waals surface area contributed by atoms with Gasteiger partial charge in [0.15, 0.2) is 0 Å². The highest BCUT2D eigenvalue weighted by atomic mass is 35.5. The lowest BCUT2D eigenvalue weighted by atomic mass is 9.95. The van der Waals surface area contributed by atoms with Crippen molar-refractivity contribution in [3.8, 4) is 0 Å². The van der Waals surface area contributed by atoms with Gasteiger partial charge in [0, 0.05) is 23.3 Å². The fourth-order valence-corrected chi connectivity index (χ4v) is 3.40. The van der Waals surface area contributed by atoms with Gasteiger partial charge in [-0.1, -0.05) is 53.6 Å². The fourth-order valence-electron chi connectivity index (χ4n) is 3.01. The summed E-state index contributed by atoms with van der Waals surface area (Å²) in [6.07, 6.45) is 8.06. The van der Waals surface area contributed by atoms with E-state index in [1.807, 2.05) is 24.3 Å². The summed E-state index contributed by atoms with van der Waals surface area (Å²) in [4.78, 5) is 16.8. The number of halogens is 2. The van der Waals surface area contributed by atoms with Crippen molar-refractivity contribution in [1.82, 2.24) is 9.88 Å². The van der Waals surface area contributed by atoms with Crippen LogP contribution in [0, 0.1) is 5.92 Å². The van der Waals surface area contributed by atoms with Crippen molar-refractivity contribution in [2.45, 2.75) is 19.4 Å². The summed E-state index contributed by atoms with van der Waals surface area (Å²) in [7, 11) is 0. The first-order chi connectivity index (χ1) is 11.6. The average Bonchev–Trinajstić information content (AvgIpc) is 2.59. The number of benzene rings is 1. The Labute approximate surface area is 151 Å². The van der Waals surface area contributed by atoms with Gasteiger partial charge in [0.25, 0.3) is 5.56 Å². The quantitative estimate of drug-likeness (QED) is 0.861. The SMILES string of the molecule is O=c1[nH]cc(Cl)cc1CN1CCC(C=Cc2ccccc2Cl)CC1. The highest BCUT2D eigenvalue weighted by Gasteiger charge is 2.18. The summed E-state index contributed by atoms with van der Waals surface area (Å²) in [6, 6.07) is 9.63. The second kappa shape index (κ2) is 8.02. The molecule has 2 aromatic rings. The van der Waals surface area contributed by atoms with E-state index in [-0.39, 0.29) is 5.56 Å². The first-order valence-electron chi connectivity index (χ1n) is 8.14. The molecule has 1 aliphatic rings. The number of piperidine rings is 1. The number of likely N-dealkylation sites (tertiary alicyclic amines) is 1. The summed E-state index contributed by atoms with van der Waals surface area (Å²) >= 11 is 12.1. The van der Waals surface area contributed by atoms with Crippen LogP contribution in [0.1, 0.15) is 24.0 Å². The van der Waals surface area contributed by atoms with Crippen LogP contribution < -0.4 is 5.56 Å². The molecule has 0 bridgehead atoms. The summed E-state index contributed by atoms with van der Waals surface area (Å²) in [5.74, 6) is 0.551. The molecule has 0 atom stereocenters. The lowest BCUT2D eigenvalue weighted by Gasteiger charge is -2.30. The van der Waals surface area contributed by atoms with Gasteiger partial charge < -0.3 is 4.98 Å². The summed E-state index contributed by atoms with van der Waals surface area (Å²) in [5.41, 5.74) is 1.74. The number of pyridine rings is 1. The number of hydrogen-bond donors (Lipinski definition) is 1. The van der Waals surface area contributed by atoms with Crippen LogP contribution in [0.25, 0.3) is 6.08 Å². The van der Waals surface area contributed by atoms with E-state index < -0.39 is 0 Å². The number of nitrogens with zero attached hydrogens (tertiary/aromatic N) is 1. The van der Waals surface area contributed by atoms with Gasteiger partial charge in [-0.15, -0.1) is 0 Å². The third-order valence-electron chi connectivity index (χ3n) is 4.42. The number of aromatic nitrogens is 1. The smallest absolute Gasteiger partial charge is 0.252 e. The molecule has 1 aromatic carbocycles. The van der Waals surface area contributed by atoms with Crippen molar-refractivity contribution in [3.63, 3.8) is 0 Å². The molecule has 2 heterocycles. The monoisotopic (exact) mass is 362 g/mol. The predicted molar refractivity (Wildman–Crippen MR) is 101 cm³/mol.